The van der Waals surface area contributed by atoms with Gasteiger partial charge < -0.3 is 15.1 Å². The number of oxazole rings is 1. The molecule has 3 heterocycles. The molecule has 2 saturated carbocycles. The Morgan fingerprint density at radius 2 is 1.69 bits per heavy atom. The molecule has 45 heavy (non-hydrogen) atoms. The molecule has 7 nitrogen and oxygen atoms in total. The van der Waals surface area contributed by atoms with Gasteiger partial charge in [-0.15, -0.1) is 12.8 Å². The second-order valence-electron chi connectivity index (χ2n) is 11.9. The first-order chi connectivity index (χ1) is 22.0. The average molecular weight is 617 g/mol. The van der Waals surface area contributed by atoms with Gasteiger partial charge in [-0.1, -0.05) is 46.6 Å². The number of pyridine rings is 1. The molecule has 1 spiro atoms. The van der Waals surface area contributed by atoms with E-state index in [1.165, 1.54) is 63.9 Å². The lowest BCUT2D eigenvalue weighted by atomic mass is 9.94. The highest BCUT2D eigenvalue weighted by molar-refractivity contribution is 5.83. The third-order valence-electron chi connectivity index (χ3n) is 8.86. The molecule has 1 aromatic carbocycles. The number of fused-ring (bicyclic) bond motifs is 1. The van der Waals surface area contributed by atoms with E-state index >= 15 is 0 Å². The van der Waals surface area contributed by atoms with Crippen LogP contribution in [0.2, 0.25) is 0 Å². The van der Waals surface area contributed by atoms with E-state index in [4.69, 9.17) is 14.2 Å². The molecule has 7 heteroatoms. The van der Waals surface area contributed by atoms with Crippen LogP contribution in [0, 0.1) is 18.3 Å². The van der Waals surface area contributed by atoms with Crippen molar-refractivity contribution in [2.24, 2.45) is 11.1 Å². The summed E-state index contributed by atoms with van der Waals surface area (Å²) < 4.78 is 5.97. The van der Waals surface area contributed by atoms with Crippen molar-refractivity contribution in [2.75, 3.05) is 19.6 Å². The number of terminal acetylenes is 1. The zero-order valence-corrected chi connectivity index (χ0v) is 28.2. The lowest BCUT2D eigenvalue weighted by molar-refractivity contribution is -0.118. The van der Waals surface area contributed by atoms with E-state index < -0.39 is 0 Å². The Morgan fingerprint density at radius 1 is 1.02 bits per heavy atom. The standard InChI is InChI=1S/C24H28N2O2.C9H17N.C2H6.C2H2.CH3NO/c1-2-20(27)7-5-3-4-6-8-24-25-16-23(28-24)19-12-14-22-18(15-19)11-13-21(26-22)17-9-10-17;1-2-10-7-5-9(3-4-9)6-8-10;2*1-2;2-1-3/h11-17H,2-10H2,1H3;2-8H2,1H3;1-2H3;1-2H;1H,(H2,2,3). The van der Waals surface area contributed by atoms with Crippen LogP contribution in [0.1, 0.15) is 122 Å². The Balaban J connectivity index is 0.000000342. The number of aromatic nitrogens is 2. The molecule has 246 valence electrons. The maximum Gasteiger partial charge on any atom is 0.204 e. The maximum absolute atomic E-state index is 11.3. The molecule has 1 saturated heterocycles. The summed E-state index contributed by atoms with van der Waals surface area (Å²) in [5, 5.41) is 1.14. The summed E-state index contributed by atoms with van der Waals surface area (Å²) in [6, 6.07) is 10.6. The molecule has 1 aliphatic heterocycles. The Labute approximate surface area is 271 Å². The first-order valence-electron chi connectivity index (χ1n) is 17.1. The number of Topliss-reactive ketones (excluding diaryl/α,β-unsaturated/α-hetero) is 1. The summed E-state index contributed by atoms with van der Waals surface area (Å²) in [4.78, 5) is 31.7. The van der Waals surface area contributed by atoms with E-state index in [9.17, 15) is 4.79 Å². The minimum absolute atomic E-state index is 0.250. The highest BCUT2D eigenvalue weighted by atomic mass is 16.4. The SMILES string of the molecule is C#C.CC.CCC(=O)CCCCCCc1ncc(-c2ccc3nc(C4CC4)ccc3c2)o1.CCN1CCC2(CC1)CC2.NC=O. The number of nitrogens with two attached hydrogens (primary N) is 1. The quantitative estimate of drug-likeness (QED) is 0.132. The first-order valence-corrected chi connectivity index (χ1v) is 17.1. The number of hydrogen-bond acceptors (Lipinski definition) is 6. The minimum atomic E-state index is 0.250. The van der Waals surface area contributed by atoms with Crippen molar-refractivity contribution in [3.63, 3.8) is 0 Å². The molecule has 2 aromatic heterocycles. The molecule has 1 amide bonds. The Hall–Kier alpha value is -3.50. The number of amides is 1. The Bertz CT molecular complexity index is 1300. The van der Waals surface area contributed by atoms with Crippen LogP contribution in [0.4, 0.5) is 0 Å². The summed E-state index contributed by atoms with van der Waals surface area (Å²) in [6.45, 7) is 12.2. The van der Waals surface area contributed by atoms with Crippen LogP contribution in [0.3, 0.4) is 0 Å². The fourth-order valence-electron chi connectivity index (χ4n) is 5.61. The number of nitrogens with zero attached hydrogens (tertiary/aromatic N) is 3. The van der Waals surface area contributed by atoms with Gasteiger partial charge in [0, 0.05) is 41.8 Å². The molecule has 6 rings (SSSR count). The number of unbranched alkanes of at least 4 members (excludes halogenated alkanes) is 3. The monoisotopic (exact) mass is 616 g/mol. The van der Waals surface area contributed by atoms with E-state index in [-0.39, 0.29) is 6.41 Å². The van der Waals surface area contributed by atoms with Crippen LogP contribution in [0.5, 0.6) is 0 Å². The number of carbonyl (C=O) groups excluding carboxylic acids is 2. The van der Waals surface area contributed by atoms with Crippen molar-refractivity contribution in [1.82, 2.24) is 14.9 Å². The van der Waals surface area contributed by atoms with Gasteiger partial charge in [0.2, 0.25) is 6.41 Å². The van der Waals surface area contributed by atoms with Crippen LogP contribution in [0.25, 0.3) is 22.2 Å². The molecular weight excluding hydrogens is 560 g/mol. The minimum Gasteiger partial charge on any atom is -0.441 e. The van der Waals surface area contributed by atoms with Gasteiger partial charge in [-0.05, 0) is 101 Å². The zero-order valence-electron chi connectivity index (χ0n) is 28.2. The number of piperidine rings is 1. The van der Waals surface area contributed by atoms with Crippen molar-refractivity contribution in [3.05, 3.63) is 48.1 Å². The largest absolute Gasteiger partial charge is 0.441 e. The van der Waals surface area contributed by atoms with Gasteiger partial charge >= 0.3 is 0 Å². The van der Waals surface area contributed by atoms with Gasteiger partial charge in [0.25, 0.3) is 0 Å². The predicted molar refractivity (Wildman–Crippen MR) is 186 cm³/mol. The van der Waals surface area contributed by atoms with Crippen molar-refractivity contribution < 1.29 is 14.0 Å². The molecule has 0 atom stereocenters. The van der Waals surface area contributed by atoms with E-state index in [0.29, 0.717) is 18.1 Å². The molecule has 2 aliphatic carbocycles. The zero-order chi connectivity index (χ0) is 33.1. The Kier molecular flexibility index (Phi) is 17.2. The number of primary amides is 1. The molecule has 2 N–H and O–H groups in total. The summed E-state index contributed by atoms with van der Waals surface area (Å²) in [6.07, 6.45) is 25.1. The van der Waals surface area contributed by atoms with E-state index in [0.717, 1.165) is 72.1 Å². The van der Waals surface area contributed by atoms with Gasteiger partial charge in [0.15, 0.2) is 11.7 Å². The summed E-state index contributed by atoms with van der Waals surface area (Å²) in [5.74, 6) is 2.65. The summed E-state index contributed by atoms with van der Waals surface area (Å²) in [5.41, 5.74) is 8.35. The number of ketones is 1. The highest BCUT2D eigenvalue weighted by Crippen LogP contribution is 2.53. The molecule has 0 radical (unpaired) electrons. The van der Waals surface area contributed by atoms with Crippen LogP contribution in [0.15, 0.2) is 40.9 Å². The van der Waals surface area contributed by atoms with Crippen LogP contribution in [-0.4, -0.2) is 46.7 Å². The van der Waals surface area contributed by atoms with Gasteiger partial charge in [0.1, 0.15) is 5.78 Å². The van der Waals surface area contributed by atoms with Crippen molar-refractivity contribution in [2.45, 2.75) is 117 Å². The van der Waals surface area contributed by atoms with Crippen LogP contribution in [-0.2, 0) is 16.0 Å². The lowest BCUT2D eigenvalue weighted by Gasteiger charge is -2.30. The summed E-state index contributed by atoms with van der Waals surface area (Å²) >= 11 is 0. The van der Waals surface area contributed by atoms with Gasteiger partial charge in [0.05, 0.1) is 11.7 Å². The van der Waals surface area contributed by atoms with Crippen molar-refractivity contribution in [1.29, 1.82) is 0 Å². The maximum atomic E-state index is 11.3. The molecule has 3 fully saturated rings. The fraction of sp³-hybridized carbons (Fsp3) is 0.579. The number of hydrogen-bond donors (Lipinski definition) is 1. The molecule has 3 aromatic rings. The normalized spacial score (nSPS) is 16.0. The molecule has 0 unspecified atom stereocenters. The lowest BCUT2D eigenvalue weighted by Crippen LogP contribution is -2.34. The van der Waals surface area contributed by atoms with E-state index in [2.05, 4.69) is 65.7 Å². The molecular formula is C38H56N4O3. The summed E-state index contributed by atoms with van der Waals surface area (Å²) in [7, 11) is 0. The average Bonchev–Trinajstić information content (AvgIpc) is 4.03. The third-order valence-corrected chi connectivity index (χ3v) is 8.86. The number of aryl methyl sites for hydroxylation is 1. The number of carbonyl (C=O) groups is 2. The second-order valence-corrected chi connectivity index (χ2v) is 11.9. The third kappa shape index (κ3) is 12.8. The predicted octanol–water partition coefficient (Wildman–Crippen LogP) is 8.50. The number of rotatable bonds is 11. The van der Waals surface area contributed by atoms with E-state index in [1.807, 2.05) is 27.0 Å². The van der Waals surface area contributed by atoms with Crippen LogP contribution < -0.4 is 5.73 Å². The number of benzene rings is 1. The van der Waals surface area contributed by atoms with Crippen molar-refractivity contribution >= 4 is 23.1 Å². The second kappa shape index (κ2) is 20.5. The highest BCUT2D eigenvalue weighted by Gasteiger charge is 2.43. The van der Waals surface area contributed by atoms with Gasteiger partial charge in [-0.25, -0.2) is 4.98 Å². The number of likely N-dealkylation sites (tertiary alicyclic amines) is 1. The van der Waals surface area contributed by atoms with Gasteiger partial charge in [-0.2, -0.15) is 0 Å². The molecule has 0 bridgehead atoms. The van der Waals surface area contributed by atoms with E-state index in [1.54, 1.807) is 0 Å². The van der Waals surface area contributed by atoms with Gasteiger partial charge in [-0.3, -0.25) is 14.6 Å². The van der Waals surface area contributed by atoms with Crippen LogP contribution >= 0.6 is 0 Å². The van der Waals surface area contributed by atoms with Crippen molar-refractivity contribution in [3.8, 4) is 24.2 Å². The topological polar surface area (TPSA) is 102 Å². The fourth-order valence-corrected chi connectivity index (χ4v) is 5.61. The Morgan fingerprint density at radius 3 is 2.29 bits per heavy atom. The molecule has 3 aliphatic rings. The first kappa shape index (κ1) is 37.7. The smallest absolute Gasteiger partial charge is 0.204 e.